The number of ether oxygens (including phenoxy) is 1. The van der Waals surface area contributed by atoms with E-state index in [1.54, 1.807) is 42.7 Å². The second-order valence-corrected chi connectivity index (χ2v) is 6.56. The average molecular weight is 419 g/mol. The third-order valence-corrected chi connectivity index (χ3v) is 4.62. The van der Waals surface area contributed by atoms with Crippen LogP contribution in [0.15, 0.2) is 73.9 Å². The molecule has 0 fully saturated rings. The fourth-order valence-electron chi connectivity index (χ4n) is 1.87. The summed E-state index contributed by atoms with van der Waals surface area (Å²) in [6, 6.07) is 9.80. The molecule has 6 nitrogen and oxygen atoms in total. The van der Waals surface area contributed by atoms with Gasteiger partial charge in [0.1, 0.15) is 12.0 Å². The van der Waals surface area contributed by atoms with E-state index in [4.69, 9.17) is 9.15 Å². The Bertz CT molecular complexity index is 947. The first kappa shape index (κ1) is 17.4. The van der Waals surface area contributed by atoms with Gasteiger partial charge in [-0.1, -0.05) is 23.9 Å². The minimum Gasteiger partial charge on any atom is -0.464 e. The molecule has 0 saturated carbocycles. The lowest BCUT2D eigenvalue weighted by atomic mass is 10.2. The molecule has 0 aliphatic carbocycles. The van der Waals surface area contributed by atoms with E-state index in [0.717, 1.165) is 6.26 Å². The molecule has 25 heavy (non-hydrogen) atoms. The summed E-state index contributed by atoms with van der Waals surface area (Å²) in [6.45, 7) is 0. The second-order valence-electron chi connectivity index (χ2n) is 4.76. The lowest BCUT2D eigenvalue weighted by molar-refractivity contribution is 0.0728. The predicted octanol–water partition coefficient (Wildman–Crippen LogP) is 3.70. The topological polar surface area (TPSA) is 82.3 Å². The zero-order valence-electron chi connectivity index (χ0n) is 12.7. The molecule has 0 atom stereocenters. The van der Waals surface area contributed by atoms with Crippen molar-refractivity contribution in [3.8, 4) is 5.75 Å². The van der Waals surface area contributed by atoms with Crippen molar-refractivity contribution < 1.29 is 13.9 Å². The van der Waals surface area contributed by atoms with Gasteiger partial charge in [0.15, 0.2) is 5.16 Å². The monoisotopic (exact) mass is 418 g/mol. The summed E-state index contributed by atoms with van der Waals surface area (Å²) in [4.78, 5) is 32.4. The quantitative estimate of drug-likeness (QED) is 0.354. The second kappa shape index (κ2) is 8.09. The first-order valence-electron chi connectivity index (χ1n) is 7.12. The molecule has 0 amide bonds. The number of hydrogen-bond donors (Lipinski definition) is 0. The number of esters is 1. The van der Waals surface area contributed by atoms with Crippen molar-refractivity contribution in [2.45, 2.75) is 10.9 Å². The van der Waals surface area contributed by atoms with Crippen molar-refractivity contribution in [1.82, 2.24) is 9.97 Å². The average Bonchev–Trinajstić information content (AvgIpc) is 2.63. The molecule has 0 N–H and O–H groups in total. The Kier molecular flexibility index (Phi) is 5.62. The van der Waals surface area contributed by atoms with Crippen molar-refractivity contribution in [3.05, 3.63) is 81.1 Å². The maximum Gasteiger partial charge on any atom is 0.344 e. The van der Waals surface area contributed by atoms with Crippen molar-refractivity contribution in [2.75, 3.05) is 0 Å². The first-order valence-corrected chi connectivity index (χ1v) is 8.89. The Morgan fingerprint density at radius 2 is 1.96 bits per heavy atom. The van der Waals surface area contributed by atoms with Gasteiger partial charge in [-0.05, 0) is 34.1 Å². The van der Waals surface area contributed by atoms with Gasteiger partial charge in [-0.15, -0.1) is 0 Å². The van der Waals surface area contributed by atoms with Gasteiger partial charge in [0.05, 0.1) is 11.3 Å². The van der Waals surface area contributed by atoms with Gasteiger partial charge in [-0.3, -0.25) is 4.79 Å². The molecule has 0 radical (unpaired) electrons. The minimum atomic E-state index is -0.639. The molecule has 0 bridgehead atoms. The van der Waals surface area contributed by atoms with Crippen LogP contribution in [-0.4, -0.2) is 15.9 Å². The SMILES string of the molecule is O=C(Oc1coc(CSc2ncccn2)cc1=O)c1ccccc1Br. The molecule has 0 aliphatic rings. The van der Waals surface area contributed by atoms with E-state index in [-0.39, 0.29) is 5.75 Å². The Morgan fingerprint density at radius 3 is 2.68 bits per heavy atom. The van der Waals surface area contributed by atoms with Crippen LogP contribution in [0, 0.1) is 0 Å². The largest absolute Gasteiger partial charge is 0.464 e. The fraction of sp³-hybridized carbons (Fsp3) is 0.0588. The van der Waals surface area contributed by atoms with E-state index >= 15 is 0 Å². The Labute approximate surface area is 155 Å². The maximum absolute atomic E-state index is 12.1. The molecule has 0 spiro atoms. The molecule has 0 saturated heterocycles. The Morgan fingerprint density at radius 1 is 1.20 bits per heavy atom. The number of halogens is 1. The van der Waals surface area contributed by atoms with E-state index < -0.39 is 11.4 Å². The van der Waals surface area contributed by atoms with Crippen LogP contribution < -0.4 is 10.2 Å². The summed E-state index contributed by atoms with van der Waals surface area (Å²) < 4.78 is 11.1. The number of benzene rings is 1. The number of carbonyl (C=O) groups is 1. The van der Waals surface area contributed by atoms with Crippen LogP contribution >= 0.6 is 27.7 Å². The summed E-state index contributed by atoms with van der Waals surface area (Å²) >= 11 is 4.60. The smallest absolute Gasteiger partial charge is 0.344 e. The highest BCUT2D eigenvalue weighted by atomic mass is 79.9. The van der Waals surface area contributed by atoms with Crippen LogP contribution in [0.1, 0.15) is 16.1 Å². The van der Waals surface area contributed by atoms with Crippen molar-refractivity contribution in [3.63, 3.8) is 0 Å². The molecule has 3 aromatic rings. The summed E-state index contributed by atoms with van der Waals surface area (Å²) in [7, 11) is 0. The van der Waals surface area contributed by atoms with Crippen LogP contribution in [0.2, 0.25) is 0 Å². The molecular weight excluding hydrogens is 408 g/mol. The van der Waals surface area contributed by atoms with Gasteiger partial charge in [0.25, 0.3) is 0 Å². The number of rotatable bonds is 5. The van der Waals surface area contributed by atoms with E-state index in [2.05, 4.69) is 25.9 Å². The highest BCUT2D eigenvalue weighted by molar-refractivity contribution is 9.10. The highest BCUT2D eigenvalue weighted by Gasteiger charge is 2.15. The van der Waals surface area contributed by atoms with Gasteiger partial charge in [-0.2, -0.15) is 0 Å². The van der Waals surface area contributed by atoms with Gasteiger partial charge in [0.2, 0.25) is 11.2 Å². The molecule has 8 heteroatoms. The predicted molar refractivity (Wildman–Crippen MR) is 95.7 cm³/mol. The van der Waals surface area contributed by atoms with Crippen LogP contribution in [0.3, 0.4) is 0 Å². The normalized spacial score (nSPS) is 10.4. The van der Waals surface area contributed by atoms with E-state index in [1.807, 2.05) is 0 Å². The van der Waals surface area contributed by atoms with Gasteiger partial charge < -0.3 is 9.15 Å². The van der Waals surface area contributed by atoms with E-state index in [0.29, 0.717) is 26.7 Å². The summed E-state index contributed by atoms with van der Waals surface area (Å²) in [5, 5.41) is 0.578. The Balaban J connectivity index is 1.69. The van der Waals surface area contributed by atoms with Crippen LogP contribution in [0.4, 0.5) is 0 Å². The fourth-order valence-corrected chi connectivity index (χ4v) is 3.01. The molecule has 126 valence electrons. The number of hydrogen-bond acceptors (Lipinski definition) is 7. The number of aromatic nitrogens is 2. The summed E-state index contributed by atoms with van der Waals surface area (Å²) in [5.74, 6) is 0.0192. The Hall–Kier alpha value is -2.45. The summed E-state index contributed by atoms with van der Waals surface area (Å²) in [5.41, 5.74) is -0.112. The molecule has 2 heterocycles. The zero-order valence-corrected chi connectivity index (χ0v) is 15.1. The lowest BCUT2D eigenvalue weighted by Crippen LogP contribution is -2.15. The third-order valence-electron chi connectivity index (χ3n) is 3.03. The van der Waals surface area contributed by atoms with Crippen molar-refractivity contribution in [1.29, 1.82) is 0 Å². The van der Waals surface area contributed by atoms with Crippen molar-refractivity contribution in [2.24, 2.45) is 0 Å². The third kappa shape index (κ3) is 4.55. The minimum absolute atomic E-state index is 0.162. The molecule has 1 aromatic carbocycles. The standard InChI is InChI=1S/C17H11BrN2O4S/c18-13-5-2-1-4-12(13)16(22)24-15-9-23-11(8-14(15)21)10-25-17-19-6-3-7-20-17/h1-9H,10H2. The molecular formula is C17H11BrN2O4S. The zero-order chi connectivity index (χ0) is 17.6. The van der Waals surface area contributed by atoms with Gasteiger partial charge in [-0.25, -0.2) is 14.8 Å². The number of nitrogens with zero attached hydrogens (tertiary/aromatic N) is 2. The van der Waals surface area contributed by atoms with Crippen LogP contribution in [0.25, 0.3) is 0 Å². The van der Waals surface area contributed by atoms with Crippen LogP contribution in [-0.2, 0) is 5.75 Å². The maximum atomic E-state index is 12.1. The number of thioether (sulfide) groups is 1. The molecule has 3 rings (SSSR count). The molecule has 0 aliphatic heterocycles. The van der Waals surface area contributed by atoms with Crippen LogP contribution in [0.5, 0.6) is 5.75 Å². The highest BCUT2D eigenvalue weighted by Crippen LogP contribution is 2.20. The van der Waals surface area contributed by atoms with E-state index in [1.165, 1.54) is 17.8 Å². The summed E-state index contributed by atoms with van der Waals surface area (Å²) in [6.07, 6.45) is 4.41. The van der Waals surface area contributed by atoms with Crippen molar-refractivity contribution >= 4 is 33.7 Å². The lowest BCUT2D eigenvalue weighted by Gasteiger charge is -2.05. The first-order chi connectivity index (χ1) is 12.1. The molecule has 0 unspecified atom stereocenters. The number of carbonyl (C=O) groups excluding carboxylic acids is 1. The van der Waals surface area contributed by atoms with Gasteiger partial charge in [0, 0.05) is 22.9 Å². The van der Waals surface area contributed by atoms with E-state index in [9.17, 15) is 9.59 Å². The molecule has 2 aromatic heterocycles. The van der Waals surface area contributed by atoms with Gasteiger partial charge >= 0.3 is 5.97 Å².